The van der Waals surface area contributed by atoms with Crippen molar-refractivity contribution in [3.63, 3.8) is 0 Å². The van der Waals surface area contributed by atoms with Crippen LogP contribution in [0.2, 0.25) is 0 Å². The Labute approximate surface area is 197 Å². The van der Waals surface area contributed by atoms with Crippen LogP contribution in [-0.2, 0) is 11.8 Å². The monoisotopic (exact) mass is 492 g/mol. The van der Waals surface area contributed by atoms with E-state index in [1.807, 2.05) is 7.05 Å². The van der Waals surface area contributed by atoms with Crippen LogP contribution in [0.3, 0.4) is 0 Å². The summed E-state index contributed by atoms with van der Waals surface area (Å²) in [6.07, 6.45) is 0.143. The summed E-state index contributed by atoms with van der Waals surface area (Å²) in [7, 11) is 3.71. The zero-order valence-corrected chi connectivity index (χ0v) is 19.0. The van der Waals surface area contributed by atoms with Gasteiger partial charge in [0.25, 0.3) is 0 Å². The Kier molecular flexibility index (Phi) is 7.75. The molecule has 0 atom stereocenters. The maximum Gasteiger partial charge on any atom is 0.490 e. The van der Waals surface area contributed by atoms with Crippen molar-refractivity contribution < 1.29 is 27.5 Å². The highest BCUT2D eigenvalue weighted by atomic mass is 19.4. The molecule has 0 spiro atoms. The van der Waals surface area contributed by atoms with E-state index in [1.165, 1.54) is 17.0 Å². The first-order valence-corrected chi connectivity index (χ1v) is 10.6. The third-order valence-electron chi connectivity index (χ3n) is 5.56. The molecule has 10 nitrogen and oxygen atoms in total. The molecule has 186 valence electrons. The van der Waals surface area contributed by atoms with Gasteiger partial charge in [-0.2, -0.15) is 28.5 Å². The number of aromatic nitrogens is 3. The van der Waals surface area contributed by atoms with Gasteiger partial charge in [0.05, 0.1) is 17.8 Å². The van der Waals surface area contributed by atoms with Gasteiger partial charge in [-0.1, -0.05) is 0 Å². The lowest BCUT2D eigenvalue weighted by atomic mass is 9.97. The number of hydrogen-bond acceptors (Lipinski definition) is 8. The minimum atomic E-state index is -5.08. The first-order valence-electron chi connectivity index (χ1n) is 10.6. The fourth-order valence-electron chi connectivity index (χ4n) is 3.80. The van der Waals surface area contributed by atoms with Crippen LogP contribution in [0.25, 0.3) is 22.2 Å². The lowest BCUT2D eigenvalue weighted by molar-refractivity contribution is -0.192. The van der Waals surface area contributed by atoms with Crippen molar-refractivity contribution in [2.45, 2.75) is 19.0 Å². The second-order valence-corrected chi connectivity index (χ2v) is 8.02. The Morgan fingerprint density at radius 2 is 2.03 bits per heavy atom. The van der Waals surface area contributed by atoms with Crippen molar-refractivity contribution in [1.82, 2.24) is 20.1 Å². The number of carbonyl (C=O) groups is 1. The Morgan fingerprint density at radius 3 is 2.63 bits per heavy atom. The molecule has 0 saturated carbocycles. The fraction of sp³-hybridized carbons (Fsp3) is 0.409. The van der Waals surface area contributed by atoms with Crippen LogP contribution in [0.1, 0.15) is 18.5 Å². The first kappa shape index (κ1) is 25.7. The molecule has 0 aromatic carbocycles. The predicted octanol–water partition coefficient (Wildman–Crippen LogP) is 2.53. The Balaban J connectivity index is 0.000000429. The molecule has 3 aromatic heterocycles. The smallest absolute Gasteiger partial charge is 0.475 e. The highest BCUT2D eigenvalue weighted by molar-refractivity contribution is 5.88. The number of carboxylic acids is 1. The van der Waals surface area contributed by atoms with E-state index in [-0.39, 0.29) is 5.43 Å². The molecule has 35 heavy (non-hydrogen) atoms. The van der Waals surface area contributed by atoms with Crippen molar-refractivity contribution >= 4 is 22.9 Å². The molecule has 1 aliphatic heterocycles. The van der Waals surface area contributed by atoms with Gasteiger partial charge in [-0.3, -0.25) is 9.48 Å². The molecule has 13 heteroatoms. The first-order chi connectivity index (χ1) is 16.5. The van der Waals surface area contributed by atoms with Crippen molar-refractivity contribution in [1.29, 1.82) is 5.26 Å². The van der Waals surface area contributed by atoms with Gasteiger partial charge in [0.15, 0.2) is 5.43 Å². The van der Waals surface area contributed by atoms with E-state index < -0.39 is 12.1 Å². The minimum absolute atomic E-state index is 0.162. The average Bonchev–Trinajstić information content (AvgIpc) is 3.19. The second kappa shape index (κ2) is 10.6. The van der Waals surface area contributed by atoms with E-state index in [0.29, 0.717) is 39.7 Å². The van der Waals surface area contributed by atoms with E-state index in [2.05, 4.69) is 26.4 Å². The molecule has 4 heterocycles. The summed E-state index contributed by atoms with van der Waals surface area (Å²) in [5.74, 6) is -1.51. The second-order valence-electron chi connectivity index (χ2n) is 8.02. The number of nitrogens with zero attached hydrogens (tertiary/aromatic N) is 5. The zero-order valence-electron chi connectivity index (χ0n) is 19.0. The number of pyridine rings is 1. The van der Waals surface area contributed by atoms with E-state index >= 15 is 0 Å². The number of nitriles is 1. The van der Waals surface area contributed by atoms with Gasteiger partial charge < -0.3 is 19.7 Å². The van der Waals surface area contributed by atoms with E-state index in [9.17, 15) is 23.2 Å². The predicted molar refractivity (Wildman–Crippen MR) is 120 cm³/mol. The van der Waals surface area contributed by atoms with Crippen LogP contribution in [0.5, 0.6) is 0 Å². The summed E-state index contributed by atoms with van der Waals surface area (Å²) < 4.78 is 38.8. The standard InChI is InChI=1S/C20H22N6O2.C2HF3O2/c1-25(12-13-3-6-22-7-4-13)19-14(16-11-23-26(2)17(16)10-21)9-15-18(27)5-8-28-20(15)24-19;3-2(4,5)1(6)7/h5,8-9,11,13,22H,3-4,6-7,12H2,1-2H3;(H,6,7). The summed E-state index contributed by atoms with van der Waals surface area (Å²) in [5, 5.41) is 24.7. The molecular weight excluding hydrogens is 469 g/mol. The molecular formula is C22H23F3N6O4. The summed E-state index contributed by atoms with van der Waals surface area (Å²) in [5.41, 5.74) is 1.94. The maximum atomic E-state index is 12.3. The number of anilines is 1. The molecule has 4 rings (SSSR count). The molecule has 1 aliphatic rings. The van der Waals surface area contributed by atoms with Crippen molar-refractivity contribution in [3.8, 4) is 17.2 Å². The van der Waals surface area contributed by atoms with Crippen LogP contribution >= 0.6 is 0 Å². The summed E-state index contributed by atoms with van der Waals surface area (Å²) in [6, 6.07) is 5.34. The van der Waals surface area contributed by atoms with Gasteiger partial charge >= 0.3 is 12.1 Å². The summed E-state index contributed by atoms with van der Waals surface area (Å²) >= 11 is 0. The Bertz CT molecular complexity index is 1310. The van der Waals surface area contributed by atoms with Crippen LogP contribution in [0.15, 0.2) is 33.8 Å². The molecule has 3 aromatic rings. The molecule has 0 aliphatic carbocycles. The highest BCUT2D eigenvalue weighted by Crippen LogP contribution is 2.33. The molecule has 0 amide bonds. The van der Waals surface area contributed by atoms with Crippen molar-refractivity contribution in [2.24, 2.45) is 13.0 Å². The van der Waals surface area contributed by atoms with Gasteiger partial charge in [-0.25, -0.2) is 4.79 Å². The number of aryl methyl sites for hydroxylation is 1. The largest absolute Gasteiger partial charge is 0.490 e. The van der Waals surface area contributed by atoms with Gasteiger partial charge in [-0.15, -0.1) is 0 Å². The van der Waals surface area contributed by atoms with Crippen LogP contribution in [0, 0.1) is 17.2 Å². The summed E-state index contributed by atoms with van der Waals surface area (Å²) in [4.78, 5) is 28.0. The minimum Gasteiger partial charge on any atom is -0.475 e. The number of halogens is 3. The Hall–Kier alpha value is -3.92. The van der Waals surface area contributed by atoms with Gasteiger partial charge in [0.1, 0.15) is 17.6 Å². The number of rotatable bonds is 4. The highest BCUT2D eigenvalue weighted by Gasteiger charge is 2.38. The zero-order chi connectivity index (χ0) is 25.8. The lowest BCUT2D eigenvalue weighted by Crippen LogP contribution is -2.35. The van der Waals surface area contributed by atoms with Gasteiger partial charge in [-0.05, 0) is 37.9 Å². The van der Waals surface area contributed by atoms with E-state index in [1.54, 1.807) is 19.3 Å². The van der Waals surface area contributed by atoms with Crippen LogP contribution in [-0.4, -0.2) is 58.7 Å². The fourth-order valence-corrected chi connectivity index (χ4v) is 3.80. The number of hydrogen-bond donors (Lipinski definition) is 2. The topological polar surface area (TPSA) is 137 Å². The SMILES string of the molecule is CN(CC1CCNCC1)c1nc2occc(=O)c2cc1-c1cnn(C)c1C#N.O=C(O)C(F)(F)F. The number of nitrogens with one attached hydrogen (secondary N) is 1. The quantitative estimate of drug-likeness (QED) is 0.563. The maximum absolute atomic E-state index is 12.3. The number of carboxylic acid groups (broad SMARTS) is 1. The third-order valence-corrected chi connectivity index (χ3v) is 5.56. The Morgan fingerprint density at radius 1 is 1.37 bits per heavy atom. The molecule has 0 unspecified atom stereocenters. The van der Waals surface area contributed by atoms with E-state index in [4.69, 9.17) is 14.3 Å². The van der Waals surface area contributed by atoms with Crippen LogP contribution < -0.4 is 15.6 Å². The molecule has 1 saturated heterocycles. The molecule has 2 N–H and O–H groups in total. The average molecular weight is 492 g/mol. The molecule has 1 fully saturated rings. The normalized spacial score (nSPS) is 14.2. The number of piperidine rings is 1. The van der Waals surface area contributed by atoms with Gasteiger partial charge in [0.2, 0.25) is 5.71 Å². The van der Waals surface area contributed by atoms with Crippen molar-refractivity contribution in [2.75, 3.05) is 31.6 Å². The molecule has 0 bridgehead atoms. The van der Waals surface area contributed by atoms with Gasteiger partial charge in [0, 0.05) is 37.8 Å². The third kappa shape index (κ3) is 5.96. The molecule has 0 radical (unpaired) electrons. The number of fused-ring (bicyclic) bond motifs is 1. The summed E-state index contributed by atoms with van der Waals surface area (Å²) in [6.45, 7) is 2.88. The number of aliphatic carboxylic acids is 1. The number of alkyl halides is 3. The lowest BCUT2D eigenvalue weighted by Gasteiger charge is -2.29. The van der Waals surface area contributed by atoms with E-state index in [0.717, 1.165) is 32.5 Å². The van der Waals surface area contributed by atoms with Crippen LogP contribution in [0.4, 0.5) is 19.0 Å². The van der Waals surface area contributed by atoms with Crippen molar-refractivity contribution in [3.05, 3.63) is 40.5 Å².